The van der Waals surface area contributed by atoms with Crippen molar-refractivity contribution in [2.75, 3.05) is 26.2 Å². The molecule has 2 aromatic rings. The molecule has 27 heavy (non-hydrogen) atoms. The molecule has 2 rings (SSSR count). The maximum absolute atomic E-state index is 11.9. The Kier molecular flexibility index (Phi) is 7.46. The largest absolute Gasteiger partial charge is 0.491 e. The molecule has 0 heterocycles. The number of hydrogen-bond acceptors (Lipinski definition) is 3. The van der Waals surface area contributed by atoms with E-state index < -0.39 is 0 Å². The van der Waals surface area contributed by atoms with E-state index in [9.17, 15) is 4.79 Å². The highest BCUT2D eigenvalue weighted by Gasteiger charge is 2.13. The highest BCUT2D eigenvalue weighted by Crippen LogP contribution is 2.24. The Balaban J connectivity index is 1.85. The summed E-state index contributed by atoms with van der Waals surface area (Å²) >= 11 is 0. The Morgan fingerprint density at radius 2 is 1.81 bits per heavy atom. The minimum absolute atomic E-state index is 0.0801. The molecule has 0 spiro atoms. The van der Waals surface area contributed by atoms with E-state index in [4.69, 9.17) is 4.74 Å². The Bertz CT molecular complexity index is 776. The molecule has 0 unspecified atom stereocenters. The maximum Gasteiger partial charge on any atom is 0.242 e. The van der Waals surface area contributed by atoms with E-state index >= 15 is 0 Å². The summed E-state index contributed by atoms with van der Waals surface area (Å²) < 4.78 is 5.91. The lowest BCUT2D eigenvalue weighted by atomic mass is 10.1. The maximum atomic E-state index is 11.9. The van der Waals surface area contributed by atoms with Crippen LogP contribution in [0.15, 0.2) is 47.5 Å². The lowest BCUT2D eigenvalue weighted by Gasteiger charge is -2.20. The molecule has 0 aliphatic heterocycles. The first-order valence-corrected chi connectivity index (χ1v) is 9.33. The zero-order chi connectivity index (χ0) is 19.7. The zero-order valence-corrected chi connectivity index (χ0v) is 16.6. The first-order valence-electron chi connectivity index (χ1n) is 9.33. The number of fused-ring (bicyclic) bond motifs is 1. The number of rotatable bonds is 7. The predicted octanol–water partition coefficient (Wildman–Crippen LogP) is 2.69. The van der Waals surface area contributed by atoms with Crippen LogP contribution in [0.1, 0.15) is 27.7 Å². The van der Waals surface area contributed by atoms with Gasteiger partial charge >= 0.3 is 0 Å². The van der Waals surface area contributed by atoms with Crippen LogP contribution in [0.2, 0.25) is 0 Å². The van der Waals surface area contributed by atoms with Crippen molar-refractivity contribution in [1.82, 2.24) is 16.0 Å². The molecule has 3 N–H and O–H groups in total. The molecule has 146 valence electrons. The van der Waals surface area contributed by atoms with Gasteiger partial charge in [-0.1, -0.05) is 36.4 Å². The predicted molar refractivity (Wildman–Crippen MR) is 111 cm³/mol. The second kappa shape index (κ2) is 9.80. The molecule has 0 radical (unpaired) electrons. The van der Waals surface area contributed by atoms with Crippen LogP contribution in [0.25, 0.3) is 10.8 Å². The van der Waals surface area contributed by atoms with Gasteiger partial charge in [0, 0.05) is 17.5 Å². The molecule has 0 atom stereocenters. The first-order chi connectivity index (χ1) is 12.9. The SMILES string of the molecule is CCNC(=NCC(=O)NC(C)(C)C)NCCOc1cccc2ccccc12. The van der Waals surface area contributed by atoms with Crippen molar-refractivity contribution in [3.05, 3.63) is 42.5 Å². The number of aliphatic imine (C=N–C) groups is 1. The van der Waals surface area contributed by atoms with Crippen LogP contribution in [0.3, 0.4) is 0 Å². The summed E-state index contributed by atoms with van der Waals surface area (Å²) in [6.45, 7) is 9.70. The Hall–Kier alpha value is -2.76. The van der Waals surface area contributed by atoms with Crippen molar-refractivity contribution in [2.45, 2.75) is 33.2 Å². The fraction of sp³-hybridized carbons (Fsp3) is 0.429. The number of ether oxygens (including phenoxy) is 1. The third-order valence-electron chi connectivity index (χ3n) is 3.64. The molecule has 0 saturated carbocycles. The Morgan fingerprint density at radius 3 is 2.56 bits per heavy atom. The number of benzene rings is 2. The average molecular weight is 370 g/mol. The molecular formula is C21H30N4O2. The highest BCUT2D eigenvalue weighted by molar-refractivity contribution is 5.88. The number of guanidine groups is 1. The molecule has 0 bridgehead atoms. The number of carbonyl (C=O) groups is 1. The smallest absolute Gasteiger partial charge is 0.242 e. The number of nitrogens with zero attached hydrogens (tertiary/aromatic N) is 1. The summed E-state index contributed by atoms with van der Waals surface area (Å²) in [5, 5.41) is 11.5. The normalized spacial score (nSPS) is 11.9. The second-order valence-electron chi connectivity index (χ2n) is 7.25. The average Bonchev–Trinajstić information content (AvgIpc) is 2.61. The first kappa shape index (κ1) is 20.6. The fourth-order valence-electron chi connectivity index (χ4n) is 2.60. The highest BCUT2D eigenvalue weighted by atomic mass is 16.5. The lowest BCUT2D eigenvalue weighted by molar-refractivity contribution is -0.121. The number of amides is 1. The van der Waals surface area contributed by atoms with Crippen molar-refractivity contribution < 1.29 is 9.53 Å². The molecule has 2 aromatic carbocycles. The van der Waals surface area contributed by atoms with Crippen LogP contribution in [-0.2, 0) is 4.79 Å². The van der Waals surface area contributed by atoms with Crippen LogP contribution in [-0.4, -0.2) is 43.6 Å². The van der Waals surface area contributed by atoms with E-state index in [0.717, 1.165) is 23.1 Å². The summed E-state index contributed by atoms with van der Waals surface area (Å²) in [5.74, 6) is 1.36. The fourth-order valence-corrected chi connectivity index (χ4v) is 2.60. The van der Waals surface area contributed by atoms with Crippen molar-refractivity contribution in [3.63, 3.8) is 0 Å². The van der Waals surface area contributed by atoms with Gasteiger partial charge in [0.15, 0.2) is 5.96 Å². The monoisotopic (exact) mass is 370 g/mol. The van der Waals surface area contributed by atoms with Gasteiger partial charge in [-0.25, -0.2) is 4.99 Å². The molecule has 0 saturated heterocycles. The molecule has 0 fully saturated rings. The van der Waals surface area contributed by atoms with E-state index in [-0.39, 0.29) is 18.0 Å². The van der Waals surface area contributed by atoms with Gasteiger partial charge in [-0.15, -0.1) is 0 Å². The third-order valence-corrected chi connectivity index (χ3v) is 3.64. The molecule has 0 aliphatic rings. The molecule has 6 heteroatoms. The number of carbonyl (C=O) groups excluding carboxylic acids is 1. The summed E-state index contributed by atoms with van der Waals surface area (Å²) in [7, 11) is 0. The quantitative estimate of drug-likeness (QED) is 0.398. The summed E-state index contributed by atoms with van der Waals surface area (Å²) in [6, 6.07) is 14.2. The summed E-state index contributed by atoms with van der Waals surface area (Å²) in [4.78, 5) is 16.2. The van der Waals surface area contributed by atoms with E-state index in [1.165, 1.54) is 0 Å². The lowest BCUT2D eigenvalue weighted by Crippen LogP contribution is -2.43. The van der Waals surface area contributed by atoms with E-state index in [2.05, 4.69) is 39.1 Å². The van der Waals surface area contributed by atoms with Gasteiger partial charge in [0.1, 0.15) is 18.9 Å². The van der Waals surface area contributed by atoms with Crippen LogP contribution in [0.5, 0.6) is 5.75 Å². The summed E-state index contributed by atoms with van der Waals surface area (Å²) in [6.07, 6.45) is 0. The van der Waals surface area contributed by atoms with Gasteiger partial charge in [0.2, 0.25) is 5.91 Å². The number of nitrogens with one attached hydrogen (secondary N) is 3. The number of hydrogen-bond donors (Lipinski definition) is 3. The van der Waals surface area contributed by atoms with E-state index in [1.807, 2.05) is 52.0 Å². The molecule has 6 nitrogen and oxygen atoms in total. The van der Waals surface area contributed by atoms with Crippen molar-refractivity contribution in [2.24, 2.45) is 4.99 Å². The van der Waals surface area contributed by atoms with Gasteiger partial charge in [0.25, 0.3) is 0 Å². The summed E-state index contributed by atoms with van der Waals surface area (Å²) in [5.41, 5.74) is -0.259. The van der Waals surface area contributed by atoms with Gasteiger partial charge in [-0.3, -0.25) is 4.79 Å². The van der Waals surface area contributed by atoms with Crippen LogP contribution in [0.4, 0.5) is 0 Å². The third kappa shape index (κ3) is 7.17. The van der Waals surface area contributed by atoms with Crippen molar-refractivity contribution >= 4 is 22.6 Å². The molecule has 1 amide bonds. The van der Waals surface area contributed by atoms with Crippen LogP contribution < -0.4 is 20.7 Å². The minimum Gasteiger partial charge on any atom is -0.491 e. The molecule has 0 aromatic heterocycles. The van der Waals surface area contributed by atoms with Crippen LogP contribution >= 0.6 is 0 Å². The Morgan fingerprint density at radius 1 is 1.07 bits per heavy atom. The van der Waals surface area contributed by atoms with Gasteiger partial charge < -0.3 is 20.7 Å². The van der Waals surface area contributed by atoms with Gasteiger partial charge in [-0.2, -0.15) is 0 Å². The van der Waals surface area contributed by atoms with Gasteiger partial charge in [-0.05, 0) is 39.1 Å². The van der Waals surface area contributed by atoms with Crippen molar-refractivity contribution in [1.29, 1.82) is 0 Å². The van der Waals surface area contributed by atoms with Crippen molar-refractivity contribution in [3.8, 4) is 5.75 Å². The van der Waals surface area contributed by atoms with E-state index in [1.54, 1.807) is 0 Å². The topological polar surface area (TPSA) is 74.8 Å². The Labute approximate surface area is 161 Å². The standard InChI is InChI=1S/C21H30N4O2/c1-5-22-20(24-15-19(26)25-21(2,3)4)23-13-14-27-18-12-8-10-16-9-6-7-11-17(16)18/h6-12H,5,13-15H2,1-4H3,(H,25,26)(H2,22,23,24). The molecular weight excluding hydrogens is 340 g/mol. The van der Waals surface area contributed by atoms with Gasteiger partial charge in [0.05, 0.1) is 6.54 Å². The molecule has 0 aliphatic carbocycles. The minimum atomic E-state index is -0.259. The zero-order valence-electron chi connectivity index (χ0n) is 16.6. The van der Waals surface area contributed by atoms with Crippen LogP contribution in [0, 0.1) is 0 Å². The second-order valence-corrected chi connectivity index (χ2v) is 7.25. The van der Waals surface area contributed by atoms with E-state index in [0.29, 0.717) is 19.1 Å².